The molecule has 6 heteroatoms. The summed E-state index contributed by atoms with van der Waals surface area (Å²) < 4.78 is 25.6. The minimum Gasteiger partial charge on any atom is -0.493 e. The van der Waals surface area contributed by atoms with Gasteiger partial charge in [-0.05, 0) is 36.8 Å². The summed E-state index contributed by atoms with van der Waals surface area (Å²) in [6.45, 7) is 1.78. The highest BCUT2D eigenvalue weighted by molar-refractivity contribution is 5.99. The highest BCUT2D eigenvalue weighted by atomic mass is 19.1. The quantitative estimate of drug-likeness (QED) is 0.347. The number of ketones is 1. The molecule has 0 saturated carbocycles. The molecule has 1 heterocycles. The lowest BCUT2D eigenvalue weighted by molar-refractivity contribution is 0.101. The van der Waals surface area contributed by atoms with E-state index < -0.39 is 5.82 Å². The molecular formula is C26H25FN2O3. The molecule has 0 bridgehead atoms. The number of carbonyl (C=O) groups is 1. The van der Waals surface area contributed by atoms with E-state index in [9.17, 15) is 9.18 Å². The van der Waals surface area contributed by atoms with Crippen LogP contribution in [0.1, 0.15) is 34.3 Å². The first-order chi connectivity index (χ1) is 15.5. The van der Waals surface area contributed by atoms with Crippen molar-refractivity contribution in [2.75, 3.05) is 26.1 Å². The van der Waals surface area contributed by atoms with Gasteiger partial charge in [-0.25, -0.2) is 4.39 Å². The van der Waals surface area contributed by atoms with Crippen molar-refractivity contribution in [1.82, 2.24) is 4.98 Å². The van der Waals surface area contributed by atoms with Gasteiger partial charge < -0.3 is 19.8 Å². The van der Waals surface area contributed by atoms with E-state index >= 15 is 0 Å². The van der Waals surface area contributed by atoms with E-state index in [0.29, 0.717) is 23.7 Å². The first-order valence-electron chi connectivity index (χ1n) is 10.3. The number of aromatic nitrogens is 1. The van der Waals surface area contributed by atoms with Crippen molar-refractivity contribution >= 4 is 22.4 Å². The van der Waals surface area contributed by atoms with E-state index in [-0.39, 0.29) is 17.3 Å². The second kappa shape index (κ2) is 9.14. The fourth-order valence-electron chi connectivity index (χ4n) is 4.20. The Labute approximate surface area is 186 Å². The zero-order valence-corrected chi connectivity index (χ0v) is 18.2. The molecular weight excluding hydrogens is 407 g/mol. The zero-order valence-electron chi connectivity index (χ0n) is 18.2. The number of anilines is 1. The van der Waals surface area contributed by atoms with Gasteiger partial charge in [0.15, 0.2) is 17.3 Å². The van der Waals surface area contributed by atoms with Crippen LogP contribution in [-0.4, -0.2) is 31.5 Å². The van der Waals surface area contributed by atoms with Gasteiger partial charge in [0.1, 0.15) is 5.82 Å². The molecule has 1 unspecified atom stereocenters. The number of rotatable bonds is 8. The molecule has 5 nitrogen and oxygen atoms in total. The maximum atomic E-state index is 14.3. The molecule has 1 aromatic heterocycles. The molecule has 1 atom stereocenters. The number of ether oxygens (including phenoxy) is 2. The summed E-state index contributed by atoms with van der Waals surface area (Å²) >= 11 is 0. The Balaban J connectivity index is 1.82. The number of carbonyl (C=O) groups excluding carboxylic acids is 1. The number of H-pyrrole nitrogens is 1. The molecule has 4 aromatic rings. The number of para-hydroxylation sites is 2. The number of nitrogens with one attached hydrogen (secondary N) is 2. The lowest BCUT2D eigenvalue weighted by Gasteiger charge is -2.23. The van der Waals surface area contributed by atoms with Crippen molar-refractivity contribution in [2.45, 2.75) is 12.8 Å². The molecule has 2 N–H and O–H groups in total. The van der Waals surface area contributed by atoms with Crippen LogP contribution in [-0.2, 0) is 0 Å². The van der Waals surface area contributed by atoms with Crippen LogP contribution in [0, 0.1) is 5.82 Å². The number of halogens is 1. The predicted molar refractivity (Wildman–Crippen MR) is 125 cm³/mol. The van der Waals surface area contributed by atoms with Crippen LogP contribution in [0.25, 0.3) is 10.9 Å². The van der Waals surface area contributed by atoms with Crippen molar-refractivity contribution in [3.63, 3.8) is 0 Å². The number of fused-ring (bicyclic) bond motifs is 1. The molecule has 164 valence electrons. The summed E-state index contributed by atoms with van der Waals surface area (Å²) in [5.41, 5.74) is 3.52. The molecule has 0 aliphatic carbocycles. The molecule has 0 saturated heterocycles. The van der Waals surface area contributed by atoms with Gasteiger partial charge >= 0.3 is 0 Å². The summed E-state index contributed by atoms with van der Waals surface area (Å²) in [6, 6.07) is 18.4. The Bertz CT molecular complexity index is 1270. The Kier molecular flexibility index (Phi) is 6.12. The summed E-state index contributed by atoms with van der Waals surface area (Å²) in [5, 5.41) is 4.38. The van der Waals surface area contributed by atoms with Gasteiger partial charge in [-0.3, -0.25) is 4.79 Å². The minimum atomic E-state index is -0.537. The molecule has 0 radical (unpaired) electrons. The van der Waals surface area contributed by atoms with Gasteiger partial charge in [0.05, 0.1) is 19.8 Å². The van der Waals surface area contributed by atoms with Crippen molar-refractivity contribution in [3.8, 4) is 11.5 Å². The third kappa shape index (κ3) is 3.91. The van der Waals surface area contributed by atoms with Gasteiger partial charge in [0.25, 0.3) is 0 Å². The van der Waals surface area contributed by atoms with Crippen molar-refractivity contribution in [3.05, 3.63) is 89.4 Å². The minimum absolute atomic E-state index is 0.0581. The van der Waals surface area contributed by atoms with Crippen LogP contribution in [0.4, 0.5) is 10.1 Å². The van der Waals surface area contributed by atoms with Gasteiger partial charge in [-0.1, -0.05) is 36.4 Å². The van der Waals surface area contributed by atoms with Gasteiger partial charge in [-0.15, -0.1) is 0 Å². The molecule has 0 aliphatic heterocycles. The summed E-state index contributed by atoms with van der Waals surface area (Å²) in [6.07, 6.45) is 1.98. The fourth-order valence-corrected chi connectivity index (χ4v) is 4.20. The van der Waals surface area contributed by atoms with Crippen LogP contribution < -0.4 is 14.8 Å². The molecule has 4 rings (SSSR count). The smallest absolute Gasteiger partial charge is 0.164 e. The second-order valence-corrected chi connectivity index (χ2v) is 7.52. The topological polar surface area (TPSA) is 63.3 Å². The second-order valence-electron chi connectivity index (χ2n) is 7.52. The zero-order chi connectivity index (χ0) is 22.7. The number of hydrogen-bond donors (Lipinski definition) is 2. The van der Waals surface area contributed by atoms with Crippen LogP contribution >= 0.6 is 0 Å². The monoisotopic (exact) mass is 432 g/mol. The van der Waals surface area contributed by atoms with E-state index in [2.05, 4.69) is 16.4 Å². The van der Waals surface area contributed by atoms with Crippen LogP contribution in [0.5, 0.6) is 11.5 Å². The van der Waals surface area contributed by atoms with E-state index in [1.54, 1.807) is 26.4 Å². The SMILES string of the molecule is COc1cccc(C(CNc2cccc(F)c2C(C)=O)c2c[nH]c3ccccc23)c1OC. The van der Waals surface area contributed by atoms with Crippen LogP contribution in [0.15, 0.2) is 66.9 Å². The highest BCUT2D eigenvalue weighted by Gasteiger charge is 2.24. The Hall–Kier alpha value is -3.80. The van der Waals surface area contributed by atoms with E-state index in [0.717, 1.165) is 22.0 Å². The van der Waals surface area contributed by atoms with E-state index in [4.69, 9.17) is 9.47 Å². The standard InChI is InChI=1S/C26H25FN2O3/c1-16(30)25-21(27)10-7-12-23(25)29-15-20(18-9-6-13-24(31-2)26(18)32-3)19-14-28-22-11-5-4-8-17(19)22/h4-14,20,28-29H,15H2,1-3H3. The first-order valence-corrected chi connectivity index (χ1v) is 10.3. The Morgan fingerprint density at radius 3 is 2.53 bits per heavy atom. The Morgan fingerprint density at radius 2 is 1.78 bits per heavy atom. The van der Waals surface area contributed by atoms with Gasteiger partial charge in [-0.2, -0.15) is 0 Å². The highest BCUT2D eigenvalue weighted by Crippen LogP contribution is 2.40. The Morgan fingerprint density at radius 1 is 1.00 bits per heavy atom. The molecule has 0 spiro atoms. The molecule has 3 aromatic carbocycles. The normalized spacial score (nSPS) is 11.9. The number of methoxy groups -OCH3 is 2. The number of Topliss-reactive ketones (excluding diaryl/α,β-unsaturated/α-hetero) is 1. The predicted octanol–water partition coefficient (Wildman–Crippen LogP) is 5.77. The third-order valence-corrected chi connectivity index (χ3v) is 5.67. The average molecular weight is 432 g/mol. The molecule has 0 fully saturated rings. The van der Waals surface area contributed by atoms with E-state index in [1.807, 2.05) is 42.6 Å². The first kappa shape index (κ1) is 21.4. The lowest BCUT2D eigenvalue weighted by Crippen LogP contribution is -2.17. The fraction of sp³-hybridized carbons (Fsp3) is 0.192. The summed E-state index contributed by atoms with van der Waals surface area (Å²) in [5.74, 6) is 0.237. The van der Waals surface area contributed by atoms with Crippen molar-refractivity contribution in [2.24, 2.45) is 0 Å². The van der Waals surface area contributed by atoms with E-state index in [1.165, 1.54) is 13.0 Å². The molecule has 32 heavy (non-hydrogen) atoms. The summed E-state index contributed by atoms with van der Waals surface area (Å²) in [7, 11) is 3.22. The van der Waals surface area contributed by atoms with Crippen LogP contribution in [0.2, 0.25) is 0 Å². The summed E-state index contributed by atoms with van der Waals surface area (Å²) in [4.78, 5) is 15.4. The average Bonchev–Trinajstić information content (AvgIpc) is 3.22. The van der Waals surface area contributed by atoms with Crippen molar-refractivity contribution in [1.29, 1.82) is 0 Å². The number of aromatic amines is 1. The largest absolute Gasteiger partial charge is 0.493 e. The maximum Gasteiger partial charge on any atom is 0.164 e. The number of hydrogen-bond acceptors (Lipinski definition) is 4. The van der Waals surface area contributed by atoms with Crippen LogP contribution in [0.3, 0.4) is 0 Å². The van der Waals surface area contributed by atoms with Gasteiger partial charge in [0, 0.05) is 40.8 Å². The van der Waals surface area contributed by atoms with Gasteiger partial charge in [0.2, 0.25) is 0 Å². The molecule has 0 amide bonds. The maximum absolute atomic E-state index is 14.3. The third-order valence-electron chi connectivity index (χ3n) is 5.67. The lowest BCUT2D eigenvalue weighted by atomic mass is 9.89. The number of benzene rings is 3. The van der Waals surface area contributed by atoms with Crippen molar-refractivity contribution < 1.29 is 18.7 Å². The molecule has 0 aliphatic rings.